The molecule has 1 heterocycles. The van der Waals surface area contributed by atoms with Gasteiger partial charge in [-0.3, -0.25) is 9.48 Å². The summed E-state index contributed by atoms with van der Waals surface area (Å²) in [6.07, 6.45) is 1.73. The van der Waals surface area contributed by atoms with E-state index >= 15 is 0 Å². The van der Waals surface area contributed by atoms with E-state index in [0.29, 0.717) is 6.54 Å². The zero-order chi connectivity index (χ0) is 14.4. The Labute approximate surface area is 118 Å². The number of rotatable bonds is 6. The number of nitrogens with zero attached hydrogens (tertiary/aromatic N) is 2. The minimum absolute atomic E-state index is 0.0190. The Hall–Kier alpha value is -2.30. The van der Waals surface area contributed by atoms with Crippen LogP contribution in [-0.2, 0) is 17.9 Å². The van der Waals surface area contributed by atoms with Crippen molar-refractivity contribution in [3.63, 3.8) is 0 Å². The molecule has 0 unspecified atom stereocenters. The lowest BCUT2D eigenvalue weighted by Crippen LogP contribution is -2.29. The van der Waals surface area contributed by atoms with Crippen LogP contribution in [0.1, 0.15) is 18.2 Å². The van der Waals surface area contributed by atoms with Gasteiger partial charge in [-0.05, 0) is 31.5 Å². The topological polar surface area (TPSA) is 56.2 Å². The van der Waals surface area contributed by atoms with Crippen LogP contribution < -0.4 is 10.1 Å². The van der Waals surface area contributed by atoms with E-state index in [9.17, 15) is 4.79 Å². The molecule has 0 aliphatic carbocycles. The van der Waals surface area contributed by atoms with Crippen molar-refractivity contribution in [3.8, 4) is 5.75 Å². The number of amides is 1. The van der Waals surface area contributed by atoms with Gasteiger partial charge in [0.15, 0.2) is 6.61 Å². The first-order valence-corrected chi connectivity index (χ1v) is 6.66. The summed E-state index contributed by atoms with van der Waals surface area (Å²) in [5.74, 6) is 0.596. The fourth-order valence-corrected chi connectivity index (χ4v) is 1.90. The van der Waals surface area contributed by atoms with Crippen molar-refractivity contribution in [2.45, 2.75) is 26.9 Å². The highest BCUT2D eigenvalue weighted by atomic mass is 16.5. The first-order chi connectivity index (χ1) is 9.70. The van der Waals surface area contributed by atoms with Gasteiger partial charge in [-0.15, -0.1) is 0 Å². The Kier molecular flexibility index (Phi) is 4.76. The highest BCUT2D eigenvalue weighted by molar-refractivity contribution is 5.77. The molecule has 2 rings (SSSR count). The van der Waals surface area contributed by atoms with Gasteiger partial charge < -0.3 is 10.1 Å². The van der Waals surface area contributed by atoms with Crippen molar-refractivity contribution in [1.82, 2.24) is 15.1 Å². The van der Waals surface area contributed by atoms with Gasteiger partial charge in [0.1, 0.15) is 5.75 Å². The highest BCUT2D eigenvalue weighted by Crippen LogP contribution is 2.15. The summed E-state index contributed by atoms with van der Waals surface area (Å²) in [6, 6.07) is 9.53. The standard InChI is InChI=1S/C15H19N3O2/c1-3-18-13(8-9-17-18)10-16-15(19)11-20-14-7-5-4-6-12(14)2/h4-9H,3,10-11H2,1-2H3,(H,16,19). The van der Waals surface area contributed by atoms with Crippen LogP contribution in [-0.4, -0.2) is 22.3 Å². The van der Waals surface area contributed by atoms with Crippen molar-refractivity contribution < 1.29 is 9.53 Å². The largest absolute Gasteiger partial charge is 0.484 e. The summed E-state index contributed by atoms with van der Waals surface area (Å²) in [4.78, 5) is 11.8. The van der Waals surface area contributed by atoms with Gasteiger partial charge in [-0.2, -0.15) is 5.10 Å². The highest BCUT2D eigenvalue weighted by Gasteiger charge is 2.06. The summed E-state index contributed by atoms with van der Waals surface area (Å²) < 4.78 is 7.34. The maximum Gasteiger partial charge on any atom is 0.258 e. The Morgan fingerprint density at radius 3 is 2.90 bits per heavy atom. The Bertz CT molecular complexity index is 578. The molecule has 5 heteroatoms. The number of para-hydroxylation sites is 1. The van der Waals surface area contributed by atoms with Crippen LogP contribution >= 0.6 is 0 Å². The fraction of sp³-hybridized carbons (Fsp3) is 0.333. The Balaban J connectivity index is 1.80. The van der Waals surface area contributed by atoms with E-state index in [1.807, 2.05) is 48.9 Å². The van der Waals surface area contributed by atoms with Crippen LogP contribution in [0.4, 0.5) is 0 Å². The SMILES string of the molecule is CCn1nccc1CNC(=O)COc1ccccc1C. The van der Waals surface area contributed by atoms with Gasteiger partial charge in [0.05, 0.1) is 12.2 Å². The second-order valence-corrected chi connectivity index (χ2v) is 4.47. The van der Waals surface area contributed by atoms with E-state index in [2.05, 4.69) is 10.4 Å². The molecule has 1 aromatic carbocycles. The van der Waals surface area contributed by atoms with Gasteiger partial charge in [-0.25, -0.2) is 0 Å². The molecule has 0 aliphatic rings. The Morgan fingerprint density at radius 1 is 1.35 bits per heavy atom. The normalized spacial score (nSPS) is 10.3. The number of ether oxygens (including phenoxy) is 1. The molecule has 0 bridgehead atoms. The number of hydrogen-bond donors (Lipinski definition) is 1. The summed E-state index contributed by atoms with van der Waals surface area (Å²) in [6.45, 7) is 5.24. The molecular weight excluding hydrogens is 254 g/mol. The molecular formula is C15H19N3O2. The molecule has 0 radical (unpaired) electrons. The van der Waals surface area contributed by atoms with Crippen molar-refractivity contribution in [2.24, 2.45) is 0 Å². The van der Waals surface area contributed by atoms with Gasteiger partial charge >= 0.3 is 0 Å². The third-order valence-corrected chi connectivity index (χ3v) is 3.02. The number of nitrogens with one attached hydrogen (secondary N) is 1. The zero-order valence-electron chi connectivity index (χ0n) is 11.8. The molecule has 0 spiro atoms. The molecule has 1 N–H and O–H groups in total. The number of aryl methyl sites for hydroxylation is 2. The maximum atomic E-state index is 11.8. The van der Waals surface area contributed by atoms with Crippen LogP contribution in [0, 0.1) is 6.92 Å². The molecule has 2 aromatic rings. The third-order valence-electron chi connectivity index (χ3n) is 3.02. The van der Waals surface area contributed by atoms with Crippen LogP contribution in [0.15, 0.2) is 36.5 Å². The maximum absolute atomic E-state index is 11.8. The van der Waals surface area contributed by atoms with E-state index in [1.165, 1.54) is 0 Å². The van der Waals surface area contributed by atoms with E-state index in [-0.39, 0.29) is 12.5 Å². The third kappa shape index (κ3) is 3.60. The molecule has 1 aromatic heterocycles. The second kappa shape index (κ2) is 6.75. The first kappa shape index (κ1) is 14.1. The number of benzene rings is 1. The lowest BCUT2D eigenvalue weighted by atomic mass is 10.2. The quantitative estimate of drug-likeness (QED) is 0.874. The molecule has 5 nitrogen and oxygen atoms in total. The predicted octanol–water partition coefficient (Wildman–Crippen LogP) is 1.91. The minimum atomic E-state index is -0.142. The summed E-state index contributed by atoms with van der Waals surface area (Å²) >= 11 is 0. The Morgan fingerprint density at radius 2 is 2.15 bits per heavy atom. The average Bonchev–Trinajstić information content (AvgIpc) is 2.91. The molecule has 20 heavy (non-hydrogen) atoms. The molecule has 0 saturated heterocycles. The molecule has 1 amide bonds. The van der Waals surface area contributed by atoms with Crippen LogP contribution in [0.2, 0.25) is 0 Å². The summed E-state index contributed by atoms with van der Waals surface area (Å²) in [5, 5.41) is 6.98. The van der Waals surface area contributed by atoms with Gasteiger partial charge in [0.25, 0.3) is 5.91 Å². The van der Waals surface area contributed by atoms with Crippen LogP contribution in [0.5, 0.6) is 5.75 Å². The summed E-state index contributed by atoms with van der Waals surface area (Å²) in [7, 11) is 0. The van der Waals surface area contributed by atoms with Gasteiger partial charge in [0, 0.05) is 12.7 Å². The van der Waals surface area contributed by atoms with E-state index in [1.54, 1.807) is 6.20 Å². The number of aromatic nitrogens is 2. The van der Waals surface area contributed by atoms with Crippen molar-refractivity contribution in [3.05, 3.63) is 47.8 Å². The van der Waals surface area contributed by atoms with Gasteiger partial charge in [0.2, 0.25) is 0 Å². The lowest BCUT2D eigenvalue weighted by molar-refractivity contribution is -0.123. The smallest absolute Gasteiger partial charge is 0.258 e. The fourth-order valence-electron chi connectivity index (χ4n) is 1.90. The second-order valence-electron chi connectivity index (χ2n) is 4.47. The number of hydrogen-bond acceptors (Lipinski definition) is 3. The molecule has 0 aliphatic heterocycles. The van der Waals surface area contributed by atoms with E-state index in [4.69, 9.17) is 4.74 Å². The number of carbonyl (C=O) groups excluding carboxylic acids is 1. The zero-order valence-corrected chi connectivity index (χ0v) is 11.8. The minimum Gasteiger partial charge on any atom is -0.484 e. The lowest BCUT2D eigenvalue weighted by Gasteiger charge is -2.10. The monoisotopic (exact) mass is 273 g/mol. The average molecular weight is 273 g/mol. The first-order valence-electron chi connectivity index (χ1n) is 6.66. The van der Waals surface area contributed by atoms with Crippen LogP contribution in [0.25, 0.3) is 0 Å². The molecule has 0 fully saturated rings. The van der Waals surface area contributed by atoms with Crippen LogP contribution in [0.3, 0.4) is 0 Å². The number of carbonyl (C=O) groups is 1. The molecule has 106 valence electrons. The summed E-state index contributed by atoms with van der Waals surface area (Å²) in [5.41, 5.74) is 2.00. The van der Waals surface area contributed by atoms with Crippen molar-refractivity contribution in [2.75, 3.05) is 6.61 Å². The van der Waals surface area contributed by atoms with E-state index in [0.717, 1.165) is 23.6 Å². The molecule has 0 atom stereocenters. The van der Waals surface area contributed by atoms with Gasteiger partial charge in [-0.1, -0.05) is 18.2 Å². The molecule has 0 saturated carbocycles. The van der Waals surface area contributed by atoms with Crippen molar-refractivity contribution in [1.29, 1.82) is 0 Å². The van der Waals surface area contributed by atoms with E-state index < -0.39 is 0 Å². The predicted molar refractivity (Wildman–Crippen MR) is 76.4 cm³/mol. The van der Waals surface area contributed by atoms with Crippen molar-refractivity contribution >= 4 is 5.91 Å².